The maximum absolute atomic E-state index is 12.3. The summed E-state index contributed by atoms with van der Waals surface area (Å²) in [5.74, 6) is -0.122. The monoisotopic (exact) mass is 284 g/mol. The van der Waals surface area contributed by atoms with E-state index in [1.807, 2.05) is 38.1 Å². The van der Waals surface area contributed by atoms with E-state index in [1.54, 1.807) is 6.07 Å². The first-order valence-electron chi connectivity index (χ1n) is 7.03. The van der Waals surface area contributed by atoms with E-state index < -0.39 is 0 Å². The smallest absolute Gasteiger partial charge is 0.253 e. The lowest BCUT2D eigenvalue weighted by molar-refractivity contribution is 0.0949. The van der Waals surface area contributed by atoms with Gasteiger partial charge in [0, 0.05) is 13.1 Å². The molecule has 0 fully saturated rings. The molecule has 0 saturated heterocycles. The van der Waals surface area contributed by atoms with Gasteiger partial charge in [-0.1, -0.05) is 31.2 Å². The van der Waals surface area contributed by atoms with E-state index in [4.69, 9.17) is 5.73 Å². The number of nitrogens with zero attached hydrogens (tertiary/aromatic N) is 2. The van der Waals surface area contributed by atoms with Gasteiger partial charge in [-0.2, -0.15) is 10.2 Å². The molecule has 0 aliphatic heterocycles. The van der Waals surface area contributed by atoms with Crippen molar-refractivity contribution in [2.45, 2.75) is 33.4 Å². The summed E-state index contributed by atoms with van der Waals surface area (Å²) in [5.41, 5.74) is 9.75. The van der Waals surface area contributed by atoms with E-state index in [0.717, 1.165) is 16.8 Å². The minimum absolute atomic E-state index is 0.122. The molecule has 0 unspecified atom stereocenters. The molecule has 0 radical (unpaired) electrons. The number of benzene rings is 1. The van der Waals surface area contributed by atoms with Crippen LogP contribution in [0.1, 0.15) is 39.8 Å². The van der Waals surface area contributed by atoms with Gasteiger partial charge in [-0.3, -0.25) is 4.79 Å². The molecule has 110 valence electrons. The molecule has 0 aliphatic rings. The van der Waals surface area contributed by atoms with Gasteiger partial charge in [-0.15, -0.1) is 0 Å². The third-order valence-corrected chi connectivity index (χ3v) is 3.25. The van der Waals surface area contributed by atoms with Crippen molar-refractivity contribution in [3.05, 3.63) is 58.4 Å². The fourth-order valence-corrected chi connectivity index (χ4v) is 2.12. The average molecular weight is 284 g/mol. The molecule has 2 rings (SSSR count). The summed E-state index contributed by atoms with van der Waals surface area (Å²) < 4.78 is 0. The van der Waals surface area contributed by atoms with Crippen LogP contribution in [-0.4, -0.2) is 16.1 Å². The Kier molecular flexibility index (Phi) is 5.00. The number of hydrogen-bond donors (Lipinski definition) is 2. The summed E-state index contributed by atoms with van der Waals surface area (Å²) in [7, 11) is 0. The SMILES string of the molecule is CCc1nnc(C)cc1C(=O)NCc1cccc(CN)c1. The van der Waals surface area contributed by atoms with Crippen molar-refractivity contribution in [2.75, 3.05) is 0 Å². The van der Waals surface area contributed by atoms with E-state index in [9.17, 15) is 4.79 Å². The maximum Gasteiger partial charge on any atom is 0.253 e. The number of rotatable bonds is 5. The topological polar surface area (TPSA) is 80.9 Å². The van der Waals surface area contributed by atoms with Crippen LogP contribution in [0.3, 0.4) is 0 Å². The Morgan fingerprint density at radius 1 is 1.24 bits per heavy atom. The molecule has 1 amide bonds. The number of aryl methyl sites for hydroxylation is 2. The highest BCUT2D eigenvalue weighted by atomic mass is 16.1. The zero-order valence-electron chi connectivity index (χ0n) is 12.4. The molecule has 1 aromatic carbocycles. The number of nitrogens with two attached hydrogens (primary N) is 1. The summed E-state index contributed by atoms with van der Waals surface area (Å²) in [6.45, 7) is 4.75. The lowest BCUT2D eigenvalue weighted by Gasteiger charge is -2.09. The fraction of sp³-hybridized carbons (Fsp3) is 0.312. The van der Waals surface area contributed by atoms with Crippen molar-refractivity contribution in [3.8, 4) is 0 Å². The zero-order valence-corrected chi connectivity index (χ0v) is 12.4. The molecule has 0 bridgehead atoms. The Balaban J connectivity index is 2.09. The molecule has 0 atom stereocenters. The Morgan fingerprint density at radius 3 is 2.71 bits per heavy atom. The van der Waals surface area contributed by atoms with Crippen LogP contribution < -0.4 is 11.1 Å². The largest absolute Gasteiger partial charge is 0.348 e. The highest BCUT2D eigenvalue weighted by Gasteiger charge is 2.12. The average Bonchev–Trinajstić information content (AvgIpc) is 2.52. The number of carbonyl (C=O) groups is 1. The van der Waals surface area contributed by atoms with Crippen molar-refractivity contribution in [3.63, 3.8) is 0 Å². The van der Waals surface area contributed by atoms with Gasteiger partial charge in [0.1, 0.15) is 0 Å². The third kappa shape index (κ3) is 3.86. The first-order valence-corrected chi connectivity index (χ1v) is 7.03. The molecule has 5 nitrogen and oxygen atoms in total. The summed E-state index contributed by atoms with van der Waals surface area (Å²) in [6.07, 6.45) is 0.679. The van der Waals surface area contributed by atoms with Crippen LogP contribution in [0.25, 0.3) is 0 Å². The van der Waals surface area contributed by atoms with E-state index in [1.165, 1.54) is 0 Å². The predicted molar refractivity (Wildman–Crippen MR) is 81.7 cm³/mol. The van der Waals surface area contributed by atoms with E-state index >= 15 is 0 Å². The van der Waals surface area contributed by atoms with Crippen molar-refractivity contribution >= 4 is 5.91 Å². The predicted octanol–water partition coefficient (Wildman–Crippen LogP) is 1.74. The van der Waals surface area contributed by atoms with Gasteiger partial charge in [0.15, 0.2) is 0 Å². The summed E-state index contributed by atoms with van der Waals surface area (Å²) in [5, 5.41) is 11.0. The van der Waals surface area contributed by atoms with Crippen molar-refractivity contribution in [1.29, 1.82) is 0 Å². The van der Waals surface area contributed by atoms with Crippen molar-refractivity contribution in [1.82, 2.24) is 15.5 Å². The van der Waals surface area contributed by atoms with Crippen LogP contribution in [0.15, 0.2) is 30.3 Å². The molecule has 2 aromatic rings. The standard InChI is InChI=1S/C16H20N4O/c1-3-15-14(7-11(2)19-20-15)16(21)18-10-13-6-4-5-12(8-13)9-17/h4-8H,3,9-10,17H2,1-2H3,(H,18,21). The Labute approximate surface area is 124 Å². The van der Waals surface area contributed by atoms with Gasteiger partial charge in [0.05, 0.1) is 17.0 Å². The molecular weight excluding hydrogens is 264 g/mol. The summed E-state index contributed by atoms with van der Waals surface area (Å²) in [6, 6.07) is 9.65. The summed E-state index contributed by atoms with van der Waals surface area (Å²) in [4.78, 5) is 12.3. The number of aromatic nitrogens is 2. The zero-order chi connectivity index (χ0) is 15.2. The van der Waals surface area contributed by atoms with Gasteiger partial charge in [0.2, 0.25) is 0 Å². The third-order valence-electron chi connectivity index (χ3n) is 3.25. The second-order valence-electron chi connectivity index (χ2n) is 4.91. The molecule has 5 heteroatoms. The van der Waals surface area contributed by atoms with Gasteiger partial charge in [0.25, 0.3) is 5.91 Å². The number of nitrogens with one attached hydrogen (secondary N) is 1. The molecule has 21 heavy (non-hydrogen) atoms. The lowest BCUT2D eigenvalue weighted by atomic mass is 10.1. The highest BCUT2D eigenvalue weighted by molar-refractivity contribution is 5.95. The molecule has 0 spiro atoms. The quantitative estimate of drug-likeness (QED) is 0.876. The van der Waals surface area contributed by atoms with Crippen LogP contribution in [-0.2, 0) is 19.5 Å². The van der Waals surface area contributed by atoms with Crippen LogP contribution >= 0.6 is 0 Å². The molecule has 0 saturated carbocycles. The minimum atomic E-state index is -0.122. The Hall–Kier alpha value is -2.27. The second-order valence-corrected chi connectivity index (χ2v) is 4.91. The van der Waals surface area contributed by atoms with E-state index in [-0.39, 0.29) is 5.91 Å². The van der Waals surface area contributed by atoms with Gasteiger partial charge >= 0.3 is 0 Å². The number of hydrogen-bond acceptors (Lipinski definition) is 4. The van der Waals surface area contributed by atoms with Crippen LogP contribution in [0, 0.1) is 6.92 Å². The van der Waals surface area contributed by atoms with Crippen molar-refractivity contribution in [2.24, 2.45) is 5.73 Å². The van der Waals surface area contributed by atoms with Gasteiger partial charge in [-0.05, 0) is 30.5 Å². The fourth-order valence-electron chi connectivity index (χ4n) is 2.12. The molecule has 0 aliphatic carbocycles. The van der Waals surface area contributed by atoms with Crippen LogP contribution in [0.5, 0.6) is 0 Å². The Morgan fingerprint density at radius 2 is 2.00 bits per heavy atom. The first-order chi connectivity index (χ1) is 10.1. The van der Waals surface area contributed by atoms with Crippen molar-refractivity contribution < 1.29 is 4.79 Å². The number of amides is 1. The van der Waals surface area contributed by atoms with Gasteiger partial charge < -0.3 is 11.1 Å². The van der Waals surface area contributed by atoms with Crippen LogP contribution in [0.4, 0.5) is 0 Å². The normalized spacial score (nSPS) is 10.4. The van der Waals surface area contributed by atoms with E-state index in [0.29, 0.717) is 30.8 Å². The summed E-state index contributed by atoms with van der Waals surface area (Å²) >= 11 is 0. The highest BCUT2D eigenvalue weighted by Crippen LogP contribution is 2.09. The minimum Gasteiger partial charge on any atom is -0.348 e. The second kappa shape index (κ2) is 6.95. The van der Waals surface area contributed by atoms with Gasteiger partial charge in [-0.25, -0.2) is 0 Å². The maximum atomic E-state index is 12.3. The first kappa shape index (κ1) is 15.1. The number of carbonyl (C=O) groups excluding carboxylic acids is 1. The van der Waals surface area contributed by atoms with E-state index in [2.05, 4.69) is 15.5 Å². The molecule has 1 heterocycles. The van der Waals surface area contributed by atoms with Crippen LogP contribution in [0.2, 0.25) is 0 Å². The molecular formula is C16H20N4O. The molecule has 3 N–H and O–H groups in total. The molecule has 1 aromatic heterocycles. The Bertz CT molecular complexity index is 640. The lowest BCUT2D eigenvalue weighted by Crippen LogP contribution is -2.25.